The highest BCUT2D eigenvalue weighted by Gasteiger charge is 2.17. The fraction of sp³-hybridized carbons (Fsp3) is 0.231. The zero-order valence-electron chi connectivity index (χ0n) is 10.8. The Kier molecular flexibility index (Phi) is 4.24. The third-order valence-electron chi connectivity index (χ3n) is 2.72. The van der Waals surface area contributed by atoms with Crippen molar-refractivity contribution in [1.82, 2.24) is 9.78 Å². The van der Waals surface area contributed by atoms with Gasteiger partial charge in [0.05, 0.1) is 6.20 Å². The molecule has 0 spiro atoms. The molecule has 0 aliphatic rings. The molecule has 1 unspecified atom stereocenters. The number of carbonyl (C=O) groups is 1. The lowest BCUT2D eigenvalue weighted by atomic mass is 10.1. The summed E-state index contributed by atoms with van der Waals surface area (Å²) in [5, 5.41) is 6.79. The van der Waals surface area contributed by atoms with Crippen molar-refractivity contribution >= 4 is 23.4 Å². The van der Waals surface area contributed by atoms with Crippen LogP contribution in [0.1, 0.15) is 11.6 Å². The number of nitrogens with two attached hydrogens (primary N) is 1. The van der Waals surface area contributed by atoms with Gasteiger partial charge in [-0.2, -0.15) is 5.10 Å². The number of benzene rings is 1. The standard InChI is InChI=1S/C13H16N4OS/c1-17-8-9(7-15-17)12(14)13(18)16-10-3-5-11(19-2)6-4-10/h3-8,12H,14H2,1-2H3,(H,16,18). The highest BCUT2D eigenvalue weighted by molar-refractivity contribution is 7.98. The lowest BCUT2D eigenvalue weighted by Gasteiger charge is -2.10. The SMILES string of the molecule is CSc1ccc(NC(=O)C(N)c2cnn(C)c2)cc1. The molecular formula is C13H16N4OS. The minimum Gasteiger partial charge on any atom is -0.324 e. The van der Waals surface area contributed by atoms with Crippen LogP contribution < -0.4 is 11.1 Å². The number of anilines is 1. The highest BCUT2D eigenvalue weighted by Crippen LogP contribution is 2.18. The summed E-state index contributed by atoms with van der Waals surface area (Å²) in [6, 6.07) is 6.92. The zero-order valence-corrected chi connectivity index (χ0v) is 11.6. The summed E-state index contributed by atoms with van der Waals surface area (Å²) < 4.78 is 1.62. The zero-order chi connectivity index (χ0) is 13.8. The van der Waals surface area contributed by atoms with Crippen molar-refractivity contribution in [3.63, 3.8) is 0 Å². The van der Waals surface area contributed by atoms with E-state index >= 15 is 0 Å². The monoisotopic (exact) mass is 276 g/mol. The third-order valence-corrected chi connectivity index (χ3v) is 3.47. The van der Waals surface area contributed by atoms with Crippen LogP contribution in [0.5, 0.6) is 0 Å². The Morgan fingerprint density at radius 1 is 1.42 bits per heavy atom. The minimum absolute atomic E-state index is 0.245. The predicted molar refractivity (Wildman–Crippen MR) is 77.0 cm³/mol. The van der Waals surface area contributed by atoms with Crippen LogP contribution in [0, 0.1) is 0 Å². The second-order valence-electron chi connectivity index (χ2n) is 4.14. The van der Waals surface area contributed by atoms with Crippen molar-refractivity contribution in [3.8, 4) is 0 Å². The summed E-state index contributed by atoms with van der Waals surface area (Å²) in [7, 11) is 1.79. The maximum absolute atomic E-state index is 12.0. The Labute approximate surface area is 116 Å². The van der Waals surface area contributed by atoms with Gasteiger partial charge < -0.3 is 11.1 Å². The molecule has 2 aromatic rings. The van der Waals surface area contributed by atoms with Crippen LogP contribution in [0.4, 0.5) is 5.69 Å². The van der Waals surface area contributed by atoms with E-state index in [-0.39, 0.29) is 5.91 Å². The number of carbonyl (C=O) groups excluding carboxylic acids is 1. The van der Waals surface area contributed by atoms with E-state index in [0.717, 1.165) is 10.6 Å². The molecule has 0 aliphatic carbocycles. The second kappa shape index (κ2) is 5.90. The normalized spacial score (nSPS) is 12.2. The fourth-order valence-electron chi connectivity index (χ4n) is 1.65. The molecule has 19 heavy (non-hydrogen) atoms. The number of hydrogen-bond donors (Lipinski definition) is 2. The van der Waals surface area contributed by atoms with Gasteiger partial charge >= 0.3 is 0 Å². The van der Waals surface area contributed by atoms with E-state index in [0.29, 0.717) is 5.56 Å². The topological polar surface area (TPSA) is 72.9 Å². The highest BCUT2D eigenvalue weighted by atomic mass is 32.2. The van der Waals surface area contributed by atoms with Crippen molar-refractivity contribution in [2.24, 2.45) is 12.8 Å². The number of aryl methyl sites for hydroxylation is 1. The first kappa shape index (κ1) is 13.6. The number of nitrogens with zero attached hydrogens (tertiary/aromatic N) is 2. The molecule has 1 aromatic heterocycles. The fourth-order valence-corrected chi connectivity index (χ4v) is 2.05. The van der Waals surface area contributed by atoms with E-state index in [4.69, 9.17) is 5.73 Å². The van der Waals surface area contributed by atoms with Gasteiger partial charge in [0.25, 0.3) is 0 Å². The molecule has 1 heterocycles. The second-order valence-corrected chi connectivity index (χ2v) is 5.02. The van der Waals surface area contributed by atoms with Gasteiger partial charge in [-0.3, -0.25) is 9.48 Å². The first-order valence-electron chi connectivity index (χ1n) is 5.79. The van der Waals surface area contributed by atoms with E-state index in [1.807, 2.05) is 30.5 Å². The summed E-state index contributed by atoms with van der Waals surface area (Å²) in [5.41, 5.74) is 7.32. The average Bonchev–Trinajstić information content (AvgIpc) is 2.85. The van der Waals surface area contributed by atoms with E-state index in [2.05, 4.69) is 10.4 Å². The molecule has 1 aromatic carbocycles. The van der Waals surface area contributed by atoms with Crippen molar-refractivity contribution in [2.45, 2.75) is 10.9 Å². The smallest absolute Gasteiger partial charge is 0.246 e. The minimum atomic E-state index is -0.714. The van der Waals surface area contributed by atoms with Crippen LogP contribution in [0.2, 0.25) is 0 Å². The van der Waals surface area contributed by atoms with E-state index < -0.39 is 6.04 Å². The van der Waals surface area contributed by atoms with Crippen molar-refractivity contribution < 1.29 is 4.79 Å². The van der Waals surface area contributed by atoms with Gasteiger partial charge in [-0.05, 0) is 30.5 Å². The molecular weight excluding hydrogens is 260 g/mol. The van der Waals surface area contributed by atoms with Gasteiger partial charge in [-0.15, -0.1) is 11.8 Å². The van der Waals surface area contributed by atoms with Crippen LogP contribution in [0.25, 0.3) is 0 Å². The van der Waals surface area contributed by atoms with E-state index in [1.165, 1.54) is 0 Å². The number of nitrogens with one attached hydrogen (secondary N) is 1. The summed E-state index contributed by atoms with van der Waals surface area (Å²) in [4.78, 5) is 13.1. The van der Waals surface area contributed by atoms with Gasteiger partial charge in [0.15, 0.2) is 0 Å². The average molecular weight is 276 g/mol. The first-order valence-corrected chi connectivity index (χ1v) is 7.01. The number of aromatic nitrogens is 2. The van der Waals surface area contributed by atoms with E-state index in [1.54, 1.807) is 35.9 Å². The lowest BCUT2D eigenvalue weighted by molar-refractivity contribution is -0.117. The molecule has 0 radical (unpaired) electrons. The molecule has 6 heteroatoms. The van der Waals surface area contributed by atoms with Crippen molar-refractivity contribution in [2.75, 3.05) is 11.6 Å². The first-order chi connectivity index (χ1) is 9.10. The maximum Gasteiger partial charge on any atom is 0.246 e. The van der Waals surface area contributed by atoms with Gasteiger partial charge in [-0.1, -0.05) is 0 Å². The Hall–Kier alpha value is -1.79. The number of hydrogen-bond acceptors (Lipinski definition) is 4. The molecule has 3 N–H and O–H groups in total. The molecule has 0 aliphatic heterocycles. The van der Waals surface area contributed by atoms with Crippen LogP contribution in [0.3, 0.4) is 0 Å². The quantitative estimate of drug-likeness (QED) is 0.835. The Balaban J connectivity index is 2.03. The Morgan fingerprint density at radius 3 is 2.63 bits per heavy atom. The van der Waals surface area contributed by atoms with Gasteiger partial charge in [0.2, 0.25) is 5.91 Å². The molecule has 0 saturated carbocycles. The third kappa shape index (κ3) is 3.36. The molecule has 2 rings (SSSR count). The predicted octanol–water partition coefficient (Wildman–Crippen LogP) is 1.78. The van der Waals surface area contributed by atoms with Crippen LogP contribution in [-0.2, 0) is 11.8 Å². The van der Waals surface area contributed by atoms with Crippen LogP contribution in [0.15, 0.2) is 41.6 Å². The van der Waals surface area contributed by atoms with Crippen LogP contribution in [-0.4, -0.2) is 21.9 Å². The number of rotatable bonds is 4. The van der Waals surface area contributed by atoms with Crippen LogP contribution >= 0.6 is 11.8 Å². The van der Waals surface area contributed by atoms with Gasteiger partial charge in [-0.25, -0.2) is 0 Å². The van der Waals surface area contributed by atoms with Crippen molar-refractivity contribution in [3.05, 3.63) is 42.2 Å². The van der Waals surface area contributed by atoms with Gasteiger partial charge in [0, 0.05) is 29.4 Å². The van der Waals surface area contributed by atoms with Gasteiger partial charge in [0.1, 0.15) is 6.04 Å². The molecule has 1 amide bonds. The lowest BCUT2D eigenvalue weighted by Crippen LogP contribution is -2.27. The molecule has 0 saturated heterocycles. The summed E-state index contributed by atoms with van der Waals surface area (Å²) in [6.45, 7) is 0. The van der Waals surface area contributed by atoms with Crippen molar-refractivity contribution in [1.29, 1.82) is 0 Å². The molecule has 100 valence electrons. The summed E-state index contributed by atoms with van der Waals surface area (Å²) in [6.07, 6.45) is 5.34. The van der Waals surface area contributed by atoms with E-state index in [9.17, 15) is 4.79 Å². The molecule has 0 bridgehead atoms. The molecule has 5 nitrogen and oxygen atoms in total. The number of thioether (sulfide) groups is 1. The molecule has 0 fully saturated rings. The Morgan fingerprint density at radius 2 is 2.11 bits per heavy atom. The number of amides is 1. The largest absolute Gasteiger partial charge is 0.324 e. The summed E-state index contributed by atoms with van der Waals surface area (Å²) >= 11 is 1.65. The maximum atomic E-state index is 12.0. The molecule has 1 atom stereocenters. The summed E-state index contributed by atoms with van der Waals surface area (Å²) in [5.74, 6) is -0.245. The Bertz CT molecular complexity index is 564.